The highest BCUT2D eigenvalue weighted by molar-refractivity contribution is 7.80. The Morgan fingerprint density at radius 2 is 1.82 bits per heavy atom. The number of nitrogens with one attached hydrogen (secondary N) is 2. The molecule has 4 heteroatoms. The summed E-state index contributed by atoms with van der Waals surface area (Å²) < 4.78 is 5.60. The van der Waals surface area contributed by atoms with Crippen LogP contribution in [0.2, 0.25) is 0 Å². The summed E-state index contributed by atoms with van der Waals surface area (Å²) in [5.74, 6) is 0.803. The van der Waals surface area contributed by atoms with Crippen LogP contribution in [-0.2, 0) is 0 Å². The summed E-state index contributed by atoms with van der Waals surface area (Å²) in [6, 6.07) is 16.2. The van der Waals surface area contributed by atoms with Crippen molar-refractivity contribution in [2.75, 3.05) is 11.9 Å². The molecule has 0 bridgehead atoms. The first-order valence-corrected chi connectivity index (χ1v) is 7.87. The van der Waals surface area contributed by atoms with Gasteiger partial charge in [0.25, 0.3) is 0 Å². The highest BCUT2D eigenvalue weighted by Crippen LogP contribution is 2.24. The Morgan fingerprint density at radius 3 is 2.55 bits per heavy atom. The van der Waals surface area contributed by atoms with Crippen LogP contribution in [0.25, 0.3) is 0 Å². The minimum absolute atomic E-state index is 0.139. The summed E-state index contributed by atoms with van der Waals surface area (Å²) in [6.45, 7) is 6.80. The lowest BCUT2D eigenvalue weighted by molar-refractivity contribution is 0.342. The summed E-state index contributed by atoms with van der Waals surface area (Å²) in [7, 11) is 0. The Morgan fingerprint density at radius 1 is 1.14 bits per heavy atom. The lowest BCUT2D eigenvalue weighted by Gasteiger charge is -2.20. The van der Waals surface area contributed by atoms with Crippen molar-refractivity contribution in [3.05, 3.63) is 59.7 Å². The average molecular weight is 314 g/mol. The monoisotopic (exact) mass is 314 g/mol. The number of ether oxygens (including phenoxy) is 1. The third kappa shape index (κ3) is 4.21. The highest BCUT2D eigenvalue weighted by Gasteiger charge is 2.10. The third-order valence-electron chi connectivity index (χ3n) is 3.44. The van der Waals surface area contributed by atoms with Gasteiger partial charge in [-0.2, -0.15) is 0 Å². The molecule has 2 aromatic carbocycles. The average Bonchev–Trinajstić information content (AvgIpc) is 2.49. The molecule has 0 saturated heterocycles. The molecule has 0 saturated carbocycles. The normalized spacial score (nSPS) is 11.6. The number of benzene rings is 2. The van der Waals surface area contributed by atoms with E-state index >= 15 is 0 Å². The van der Waals surface area contributed by atoms with Gasteiger partial charge >= 0.3 is 0 Å². The summed E-state index contributed by atoms with van der Waals surface area (Å²) in [5, 5.41) is 7.12. The minimum Gasteiger partial charge on any atom is -0.492 e. The molecule has 0 unspecified atom stereocenters. The number of para-hydroxylation sites is 2. The van der Waals surface area contributed by atoms with E-state index in [-0.39, 0.29) is 6.04 Å². The van der Waals surface area contributed by atoms with E-state index in [4.69, 9.17) is 17.0 Å². The highest BCUT2D eigenvalue weighted by atomic mass is 32.1. The third-order valence-corrected chi connectivity index (χ3v) is 3.66. The molecule has 22 heavy (non-hydrogen) atoms. The van der Waals surface area contributed by atoms with Gasteiger partial charge in [0.2, 0.25) is 0 Å². The van der Waals surface area contributed by atoms with E-state index in [1.165, 1.54) is 11.1 Å². The van der Waals surface area contributed by atoms with Crippen molar-refractivity contribution in [2.45, 2.75) is 26.8 Å². The van der Waals surface area contributed by atoms with Gasteiger partial charge < -0.3 is 15.4 Å². The van der Waals surface area contributed by atoms with Crippen LogP contribution in [0.3, 0.4) is 0 Å². The minimum atomic E-state index is 0.139. The summed E-state index contributed by atoms with van der Waals surface area (Å²) in [5.41, 5.74) is 3.36. The van der Waals surface area contributed by atoms with Crippen molar-refractivity contribution in [1.82, 2.24) is 5.32 Å². The maximum atomic E-state index is 5.60. The van der Waals surface area contributed by atoms with Gasteiger partial charge in [0.15, 0.2) is 5.11 Å². The second-order valence-electron chi connectivity index (χ2n) is 5.11. The number of aryl methyl sites for hydroxylation is 1. The lowest BCUT2D eigenvalue weighted by Crippen LogP contribution is -2.31. The van der Waals surface area contributed by atoms with Crippen LogP contribution in [0.4, 0.5) is 5.69 Å². The Balaban J connectivity index is 2.03. The van der Waals surface area contributed by atoms with Gasteiger partial charge in [-0.25, -0.2) is 0 Å². The molecule has 116 valence electrons. The molecular weight excluding hydrogens is 292 g/mol. The van der Waals surface area contributed by atoms with Crippen LogP contribution < -0.4 is 15.4 Å². The van der Waals surface area contributed by atoms with Crippen LogP contribution in [0, 0.1) is 6.92 Å². The first kappa shape index (κ1) is 16.3. The van der Waals surface area contributed by atoms with Gasteiger partial charge in [0.05, 0.1) is 18.3 Å². The van der Waals surface area contributed by atoms with Crippen molar-refractivity contribution in [2.24, 2.45) is 0 Å². The number of rotatable bonds is 5. The van der Waals surface area contributed by atoms with Crippen LogP contribution in [0.15, 0.2) is 48.5 Å². The van der Waals surface area contributed by atoms with Crippen LogP contribution in [-0.4, -0.2) is 11.7 Å². The molecule has 2 N–H and O–H groups in total. The second kappa shape index (κ2) is 7.80. The van der Waals surface area contributed by atoms with E-state index in [0.29, 0.717) is 11.7 Å². The maximum absolute atomic E-state index is 5.60. The molecule has 0 aliphatic carbocycles. The van der Waals surface area contributed by atoms with Crippen molar-refractivity contribution < 1.29 is 4.74 Å². The first-order valence-electron chi connectivity index (χ1n) is 7.46. The van der Waals surface area contributed by atoms with Crippen LogP contribution in [0.1, 0.15) is 31.0 Å². The molecule has 0 aliphatic rings. The number of hydrogen-bond acceptors (Lipinski definition) is 2. The number of thiocarbonyl (C=S) groups is 1. The largest absolute Gasteiger partial charge is 0.492 e. The van der Waals surface area contributed by atoms with Crippen molar-refractivity contribution in [1.29, 1.82) is 0 Å². The van der Waals surface area contributed by atoms with Gasteiger partial charge in [-0.3, -0.25) is 0 Å². The maximum Gasteiger partial charge on any atom is 0.171 e. The van der Waals surface area contributed by atoms with E-state index in [1.54, 1.807) is 0 Å². The van der Waals surface area contributed by atoms with Crippen molar-refractivity contribution in [3.8, 4) is 5.75 Å². The molecule has 0 amide bonds. The Kier molecular flexibility index (Phi) is 5.78. The Labute approximate surface area is 137 Å². The molecule has 0 fully saturated rings. The van der Waals surface area contributed by atoms with Gasteiger partial charge in [0, 0.05) is 0 Å². The van der Waals surface area contributed by atoms with Crippen molar-refractivity contribution >= 4 is 23.0 Å². The lowest BCUT2D eigenvalue weighted by atomic mass is 10.0. The van der Waals surface area contributed by atoms with E-state index in [9.17, 15) is 0 Å². The topological polar surface area (TPSA) is 33.3 Å². The van der Waals surface area contributed by atoms with Crippen LogP contribution >= 0.6 is 12.2 Å². The first-order chi connectivity index (χ1) is 10.6. The Bertz CT molecular complexity index is 642. The zero-order chi connectivity index (χ0) is 15.9. The molecule has 0 aromatic heterocycles. The number of anilines is 1. The smallest absolute Gasteiger partial charge is 0.171 e. The molecule has 0 heterocycles. The van der Waals surface area contributed by atoms with Gasteiger partial charge in [0.1, 0.15) is 5.75 Å². The van der Waals surface area contributed by atoms with Gasteiger partial charge in [-0.1, -0.05) is 36.4 Å². The molecule has 0 aliphatic heterocycles. The van der Waals surface area contributed by atoms with E-state index in [2.05, 4.69) is 36.6 Å². The predicted octanol–water partition coefficient (Wildman–Crippen LogP) is 4.44. The summed E-state index contributed by atoms with van der Waals surface area (Å²) in [6.07, 6.45) is 0. The molecule has 2 aromatic rings. The fraction of sp³-hybridized carbons (Fsp3) is 0.278. The molecule has 1 atom stereocenters. The van der Waals surface area contributed by atoms with Crippen molar-refractivity contribution in [3.63, 3.8) is 0 Å². The fourth-order valence-corrected chi connectivity index (χ4v) is 2.64. The number of hydrogen-bond donors (Lipinski definition) is 2. The zero-order valence-electron chi connectivity index (χ0n) is 13.2. The van der Waals surface area contributed by atoms with Crippen LogP contribution in [0.5, 0.6) is 5.75 Å². The summed E-state index contributed by atoms with van der Waals surface area (Å²) in [4.78, 5) is 0. The standard InChI is InChI=1S/C18H22N2OS/c1-4-21-17-12-8-7-11-16(17)20-18(22)19-14(3)15-10-6-5-9-13(15)2/h5-12,14H,4H2,1-3H3,(H2,19,20,22)/t14-/m1/s1. The van der Waals surface area contributed by atoms with E-state index < -0.39 is 0 Å². The fourth-order valence-electron chi connectivity index (χ4n) is 2.36. The molecule has 0 radical (unpaired) electrons. The molecular formula is C18H22N2OS. The van der Waals surface area contributed by atoms with Gasteiger partial charge in [-0.15, -0.1) is 0 Å². The predicted molar refractivity (Wildman–Crippen MR) is 96.6 cm³/mol. The molecule has 3 nitrogen and oxygen atoms in total. The van der Waals surface area contributed by atoms with E-state index in [0.717, 1.165) is 11.4 Å². The summed E-state index contributed by atoms with van der Waals surface area (Å²) >= 11 is 5.42. The molecule has 2 rings (SSSR count). The van der Waals surface area contributed by atoms with E-state index in [1.807, 2.05) is 43.3 Å². The SMILES string of the molecule is CCOc1ccccc1NC(=S)N[C@H](C)c1ccccc1C. The second-order valence-corrected chi connectivity index (χ2v) is 5.51. The zero-order valence-corrected chi connectivity index (χ0v) is 14.0. The van der Waals surface area contributed by atoms with Gasteiger partial charge in [-0.05, 0) is 56.2 Å². The molecule has 0 spiro atoms. The quantitative estimate of drug-likeness (QED) is 0.799. The Hall–Kier alpha value is -2.07.